The zero-order valence-corrected chi connectivity index (χ0v) is 11.3. The molecule has 2 rings (SSSR count). The molecule has 0 bridgehead atoms. The minimum absolute atomic E-state index is 0.648. The fourth-order valence-corrected chi connectivity index (χ4v) is 2.63. The molecule has 1 aromatic carbocycles. The summed E-state index contributed by atoms with van der Waals surface area (Å²) in [6.45, 7) is 3.98. The Morgan fingerprint density at radius 2 is 2.00 bits per heavy atom. The molecule has 2 aromatic rings. The van der Waals surface area contributed by atoms with Gasteiger partial charge in [-0.1, -0.05) is 24.3 Å². The van der Waals surface area contributed by atoms with Crippen molar-refractivity contribution in [2.24, 2.45) is 5.84 Å². The Morgan fingerprint density at radius 1 is 1.22 bits per heavy atom. The second-order valence-corrected chi connectivity index (χ2v) is 4.99. The Labute approximate surface area is 111 Å². The summed E-state index contributed by atoms with van der Waals surface area (Å²) in [4.78, 5) is 8.55. The molecule has 0 spiro atoms. The van der Waals surface area contributed by atoms with E-state index in [0.717, 1.165) is 16.6 Å². The number of anilines is 1. The summed E-state index contributed by atoms with van der Waals surface area (Å²) in [6, 6.07) is 10.2. The van der Waals surface area contributed by atoms with Crippen molar-refractivity contribution in [3.8, 4) is 0 Å². The molecule has 1 aromatic heterocycles. The van der Waals surface area contributed by atoms with Gasteiger partial charge in [-0.15, -0.1) is 11.8 Å². The van der Waals surface area contributed by atoms with E-state index in [0.29, 0.717) is 5.82 Å². The smallest absolute Gasteiger partial charge is 0.144 e. The van der Waals surface area contributed by atoms with Crippen molar-refractivity contribution < 1.29 is 0 Å². The second kappa shape index (κ2) is 5.84. The fourth-order valence-electron chi connectivity index (χ4n) is 1.61. The van der Waals surface area contributed by atoms with Crippen molar-refractivity contribution in [1.82, 2.24) is 9.97 Å². The van der Waals surface area contributed by atoms with Crippen LogP contribution in [-0.4, -0.2) is 9.97 Å². The van der Waals surface area contributed by atoms with E-state index in [-0.39, 0.29) is 0 Å². The van der Waals surface area contributed by atoms with Gasteiger partial charge in [-0.2, -0.15) is 0 Å². The standard InChI is InChI=1S/C13H16N4S/c1-9-5-3-4-6-11(9)8-18-13-7-12(17-14)15-10(2)16-13/h3-7H,8,14H2,1-2H3,(H,15,16,17). The number of rotatable bonds is 4. The molecule has 18 heavy (non-hydrogen) atoms. The molecule has 5 heteroatoms. The van der Waals surface area contributed by atoms with E-state index in [1.807, 2.05) is 13.0 Å². The minimum Gasteiger partial charge on any atom is -0.308 e. The molecule has 0 saturated carbocycles. The highest BCUT2D eigenvalue weighted by atomic mass is 32.2. The lowest BCUT2D eigenvalue weighted by atomic mass is 10.1. The van der Waals surface area contributed by atoms with Gasteiger partial charge in [-0.05, 0) is 25.0 Å². The van der Waals surface area contributed by atoms with E-state index in [1.165, 1.54) is 11.1 Å². The molecule has 0 fully saturated rings. The first-order chi connectivity index (χ1) is 8.69. The van der Waals surface area contributed by atoms with Gasteiger partial charge in [0.1, 0.15) is 16.7 Å². The van der Waals surface area contributed by atoms with Gasteiger partial charge in [0.15, 0.2) is 0 Å². The van der Waals surface area contributed by atoms with Gasteiger partial charge in [0.05, 0.1) is 0 Å². The zero-order valence-electron chi connectivity index (χ0n) is 10.5. The van der Waals surface area contributed by atoms with Crippen molar-refractivity contribution in [2.45, 2.75) is 24.6 Å². The Morgan fingerprint density at radius 3 is 2.72 bits per heavy atom. The van der Waals surface area contributed by atoms with Crippen LogP contribution in [0.3, 0.4) is 0 Å². The van der Waals surface area contributed by atoms with Crippen LogP contribution in [0.1, 0.15) is 17.0 Å². The number of benzene rings is 1. The molecular weight excluding hydrogens is 244 g/mol. The number of hydrogen-bond donors (Lipinski definition) is 2. The Hall–Kier alpha value is -1.59. The second-order valence-electron chi connectivity index (χ2n) is 4.00. The maximum Gasteiger partial charge on any atom is 0.144 e. The van der Waals surface area contributed by atoms with Gasteiger partial charge < -0.3 is 5.43 Å². The van der Waals surface area contributed by atoms with Crippen LogP contribution in [0.2, 0.25) is 0 Å². The fraction of sp³-hybridized carbons (Fsp3) is 0.231. The minimum atomic E-state index is 0.648. The first kappa shape index (κ1) is 12.9. The summed E-state index contributed by atoms with van der Waals surface area (Å²) >= 11 is 1.68. The molecule has 0 radical (unpaired) electrons. The lowest BCUT2D eigenvalue weighted by Crippen LogP contribution is -2.09. The van der Waals surface area contributed by atoms with E-state index >= 15 is 0 Å². The number of nitrogen functional groups attached to an aromatic ring is 1. The third-order valence-electron chi connectivity index (χ3n) is 2.60. The summed E-state index contributed by atoms with van der Waals surface area (Å²) in [7, 11) is 0. The van der Waals surface area contributed by atoms with Crippen molar-refractivity contribution in [3.05, 3.63) is 47.3 Å². The molecular formula is C13H16N4S. The number of aromatic nitrogens is 2. The third kappa shape index (κ3) is 3.21. The van der Waals surface area contributed by atoms with Gasteiger partial charge in [-0.3, -0.25) is 0 Å². The van der Waals surface area contributed by atoms with Crippen LogP contribution in [0.15, 0.2) is 35.4 Å². The molecule has 0 aliphatic rings. The molecule has 3 N–H and O–H groups in total. The van der Waals surface area contributed by atoms with Crippen molar-refractivity contribution in [2.75, 3.05) is 5.43 Å². The van der Waals surface area contributed by atoms with Gasteiger partial charge in [0, 0.05) is 11.8 Å². The van der Waals surface area contributed by atoms with Crippen molar-refractivity contribution >= 4 is 17.6 Å². The largest absolute Gasteiger partial charge is 0.308 e. The number of thioether (sulfide) groups is 1. The molecule has 94 valence electrons. The van der Waals surface area contributed by atoms with Crippen LogP contribution < -0.4 is 11.3 Å². The number of hydrogen-bond acceptors (Lipinski definition) is 5. The number of nitrogens with one attached hydrogen (secondary N) is 1. The average Bonchev–Trinajstić information content (AvgIpc) is 2.37. The quantitative estimate of drug-likeness (QED) is 0.383. The first-order valence-electron chi connectivity index (χ1n) is 5.68. The topological polar surface area (TPSA) is 63.8 Å². The highest BCUT2D eigenvalue weighted by molar-refractivity contribution is 7.98. The molecule has 0 amide bonds. The van der Waals surface area contributed by atoms with Crippen LogP contribution in [0, 0.1) is 13.8 Å². The number of nitrogens with zero attached hydrogens (tertiary/aromatic N) is 2. The highest BCUT2D eigenvalue weighted by Gasteiger charge is 2.03. The van der Waals surface area contributed by atoms with Crippen LogP contribution in [-0.2, 0) is 5.75 Å². The van der Waals surface area contributed by atoms with E-state index in [9.17, 15) is 0 Å². The molecule has 0 atom stereocenters. The van der Waals surface area contributed by atoms with Crippen molar-refractivity contribution in [1.29, 1.82) is 0 Å². The average molecular weight is 260 g/mol. The molecule has 0 aliphatic carbocycles. The number of hydrazine groups is 1. The SMILES string of the molecule is Cc1nc(NN)cc(SCc2ccccc2C)n1. The molecule has 0 saturated heterocycles. The van der Waals surface area contributed by atoms with Gasteiger partial charge in [-0.25, -0.2) is 15.8 Å². The molecule has 0 aliphatic heterocycles. The Kier molecular flexibility index (Phi) is 4.17. The van der Waals surface area contributed by atoms with Gasteiger partial charge >= 0.3 is 0 Å². The summed E-state index contributed by atoms with van der Waals surface area (Å²) < 4.78 is 0. The maximum atomic E-state index is 5.37. The third-order valence-corrected chi connectivity index (χ3v) is 3.56. The first-order valence-corrected chi connectivity index (χ1v) is 6.67. The van der Waals surface area contributed by atoms with Crippen molar-refractivity contribution in [3.63, 3.8) is 0 Å². The maximum absolute atomic E-state index is 5.37. The summed E-state index contributed by atoms with van der Waals surface area (Å²) in [5, 5.41) is 0.929. The van der Waals surface area contributed by atoms with E-state index in [2.05, 4.69) is 46.6 Å². The summed E-state index contributed by atoms with van der Waals surface area (Å²) in [5.74, 6) is 7.63. The van der Waals surface area contributed by atoms with Crippen LogP contribution in [0.4, 0.5) is 5.82 Å². The summed E-state index contributed by atoms with van der Waals surface area (Å²) in [6.07, 6.45) is 0. The summed E-state index contributed by atoms with van der Waals surface area (Å²) in [5.41, 5.74) is 5.17. The molecule has 4 nitrogen and oxygen atoms in total. The number of nitrogens with two attached hydrogens (primary N) is 1. The van der Waals surface area contributed by atoms with E-state index < -0.39 is 0 Å². The predicted molar refractivity (Wildman–Crippen MR) is 75.3 cm³/mol. The van der Waals surface area contributed by atoms with Gasteiger partial charge in [0.25, 0.3) is 0 Å². The molecule has 0 unspecified atom stereocenters. The predicted octanol–water partition coefficient (Wildman–Crippen LogP) is 2.67. The zero-order chi connectivity index (χ0) is 13.0. The monoisotopic (exact) mass is 260 g/mol. The lowest BCUT2D eigenvalue weighted by Gasteiger charge is -2.07. The molecule has 1 heterocycles. The highest BCUT2D eigenvalue weighted by Crippen LogP contribution is 2.24. The van der Waals surface area contributed by atoms with E-state index in [1.54, 1.807) is 11.8 Å². The lowest BCUT2D eigenvalue weighted by molar-refractivity contribution is 0.963. The van der Waals surface area contributed by atoms with E-state index in [4.69, 9.17) is 5.84 Å². The van der Waals surface area contributed by atoms with Gasteiger partial charge in [0.2, 0.25) is 0 Å². The van der Waals surface area contributed by atoms with Crippen LogP contribution >= 0.6 is 11.8 Å². The normalized spacial score (nSPS) is 10.4. The number of aryl methyl sites for hydroxylation is 2. The Bertz CT molecular complexity index is 542. The Balaban J connectivity index is 2.11. The van der Waals surface area contributed by atoms with Crippen LogP contribution in [0.25, 0.3) is 0 Å². The van der Waals surface area contributed by atoms with Crippen LogP contribution in [0.5, 0.6) is 0 Å².